The van der Waals surface area contributed by atoms with Crippen molar-refractivity contribution in [2.24, 2.45) is 5.14 Å². The summed E-state index contributed by atoms with van der Waals surface area (Å²) in [4.78, 5) is 28.1. The second-order valence-electron chi connectivity index (χ2n) is 6.65. The number of amides is 2. The van der Waals surface area contributed by atoms with Gasteiger partial charge in [0.25, 0.3) is 5.91 Å². The summed E-state index contributed by atoms with van der Waals surface area (Å²) in [6.07, 6.45) is 1.88. The molecule has 0 spiro atoms. The molecule has 1 aliphatic heterocycles. The van der Waals surface area contributed by atoms with Crippen LogP contribution in [0.1, 0.15) is 22.5 Å². The van der Waals surface area contributed by atoms with E-state index in [2.05, 4.69) is 15.6 Å². The number of carbonyl (C=O) groups excluding carboxylic acids is 2. The van der Waals surface area contributed by atoms with Gasteiger partial charge in [0.1, 0.15) is 5.69 Å². The van der Waals surface area contributed by atoms with Crippen molar-refractivity contribution in [3.63, 3.8) is 0 Å². The fraction of sp³-hybridized carbons (Fsp3) is 0.100. The number of primary sulfonamides is 1. The zero-order chi connectivity index (χ0) is 20.6. The van der Waals surface area contributed by atoms with Crippen molar-refractivity contribution in [2.75, 3.05) is 11.9 Å². The zero-order valence-electron chi connectivity index (χ0n) is 15.2. The number of rotatable bonds is 4. The number of benzene rings is 2. The fourth-order valence-corrected chi connectivity index (χ4v) is 3.89. The standard InChI is InChI=1S/C20H18N4O4S/c21-29(27,28)14-7-5-13(6-8-14)23-17(25)11-12-9-10-22-20(26)19-18(12)15-3-1-2-4-16(15)24-19/h1-9,24H,10-11H2,(H,22,26)(H,23,25)(H2,21,27,28). The average molecular weight is 410 g/mol. The van der Waals surface area contributed by atoms with E-state index in [0.717, 1.165) is 22.0 Å². The van der Waals surface area contributed by atoms with E-state index in [4.69, 9.17) is 5.14 Å². The molecule has 0 bridgehead atoms. The quantitative estimate of drug-likeness (QED) is 0.523. The van der Waals surface area contributed by atoms with Gasteiger partial charge in [0.2, 0.25) is 15.9 Å². The number of carbonyl (C=O) groups is 2. The number of nitrogens with one attached hydrogen (secondary N) is 3. The summed E-state index contributed by atoms with van der Waals surface area (Å²) in [7, 11) is -3.79. The van der Waals surface area contributed by atoms with Crippen LogP contribution in [0.3, 0.4) is 0 Å². The predicted molar refractivity (Wildman–Crippen MR) is 110 cm³/mol. The van der Waals surface area contributed by atoms with E-state index >= 15 is 0 Å². The molecule has 4 rings (SSSR count). The Morgan fingerprint density at radius 2 is 1.83 bits per heavy atom. The molecule has 0 atom stereocenters. The van der Waals surface area contributed by atoms with Crippen molar-refractivity contribution in [3.8, 4) is 0 Å². The number of hydrogen-bond donors (Lipinski definition) is 4. The minimum atomic E-state index is -3.79. The third-order valence-corrected chi connectivity index (χ3v) is 5.61. The summed E-state index contributed by atoms with van der Waals surface area (Å²) in [6, 6.07) is 13.1. The number of nitrogens with two attached hydrogens (primary N) is 1. The first-order valence-electron chi connectivity index (χ1n) is 8.84. The van der Waals surface area contributed by atoms with Crippen molar-refractivity contribution in [2.45, 2.75) is 11.3 Å². The van der Waals surface area contributed by atoms with Crippen LogP contribution in [0.4, 0.5) is 5.69 Å². The topological polar surface area (TPSA) is 134 Å². The molecule has 2 heterocycles. The lowest BCUT2D eigenvalue weighted by Gasteiger charge is -2.09. The highest BCUT2D eigenvalue weighted by atomic mass is 32.2. The molecule has 8 nitrogen and oxygen atoms in total. The molecule has 0 aliphatic carbocycles. The minimum Gasteiger partial charge on any atom is -0.350 e. The van der Waals surface area contributed by atoms with E-state index in [0.29, 0.717) is 17.9 Å². The third-order valence-electron chi connectivity index (χ3n) is 4.68. The zero-order valence-corrected chi connectivity index (χ0v) is 16.0. The lowest BCUT2D eigenvalue weighted by molar-refractivity contribution is -0.115. The molecule has 0 saturated carbocycles. The Morgan fingerprint density at radius 3 is 2.55 bits per heavy atom. The number of sulfonamides is 1. The molecule has 3 aromatic rings. The summed E-state index contributed by atoms with van der Waals surface area (Å²) in [5.41, 5.74) is 3.15. The Bertz CT molecular complexity index is 1260. The van der Waals surface area contributed by atoms with E-state index in [9.17, 15) is 18.0 Å². The Hall–Kier alpha value is -3.43. The molecule has 2 aromatic carbocycles. The van der Waals surface area contributed by atoms with Gasteiger partial charge in [-0.3, -0.25) is 9.59 Å². The van der Waals surface area contributed by atoms with Crippen molar-refractivity contribution < 1.29 is 18.0 Å². The highest BCUT2D eigenvalue weighted by Gasteiger charge is 2.24. The highest BCUT2D eigenvalue weighted by Crippen LogP contribution is 2.32. The lowest BCUT2D eigenvalue weighted by atomic mass is 9.98. The molecule has 0 unspecified atom stereocenters. The first kappa shape index (κ1) is 18.9. The van der Waals surface area contributed by atoms with Crippen LogP contribution in [0.15, 0.2) is 59.5 Å². The summed E-state index contributed by atoms with van der Waals surface area (Å²) in [5, 5.41) is 11.5. The van der Waals surface area contributed by atoms with Crippen LogP contribution in [-0.2, 0) is 14.8 Å². The fourth-order valence-electron chi connectivity index (χ4n) is 3.37. The molecule has 148 valence electrons. The van der Waals surface area contributed by atoms with Gasteiger partial charge in [-0.25, -0.2) is 13.6 Å². The number of hydrogen-bond acceptors (Lipinski definition) is 4. The maximum atomic E-state index is 12.6. The largest absolute Gasteiger partial charge is 0.350 e. The predicted octanol–water partition coefficient (Wildman–Crippen LogP) is 1.97. The Labute approximate surface area is 166 Å². The van der Waals surface area contributed by atoms with Gasteiger partial charge in [0, 0.05) is 28.7 Å². The molecule has 9 heteroatoms. The van der Waals surface area contributed by atoms with E-state index in [1.165, 1.54) is 24.3 Å². The van der Waals surface area contributed by atoms with Crippen LogP contribution in [0.25, 0.3) is 16.5 Å². The van der Waals surface area contributed by atoms with Crippen LogP contribution >= 0.6 is 0 Å². The summed E-state index contributed by atoms with van der Waals surface area (Å²) in [5.74, 6) is -0.508. The maximum Gasteiger partial charge on any atom is 0.268 e. The maximum absolute atomic E-state index is 12.6. The number of H-pyrrole nitrogens is 1. The highest BCUT2D eigenvalue weighted by molar-refractivity contribution is 7.89. The molecule has 5 N–H and O–H groups in total. The van der Waals surface area contributed by atoms with Gasteiger partial charge in [-0.2, -0.15) is 0 Å². The first-order valence-corrected chi connectivity index (χ1v) is 10.4. The second kappa shape index (κ2) is 7.19. The third kappa shape index (κ3) is 3.78. The van der Waals surface area contributed by atoms with Gasteiger partial charge < -0.3 is 15.6 Å². The first-order chi connectivity index (χ1) is 13.8. The van der Waals surface area contributed by atoms with Gasteiger partial charge >= 0.3 is 0 Å². The summed E-state index contributed by atoms with van der Waals surface area (Å²) >= 11 is 0. The lowest BCUT2D eigenvalue weighted by Crippen LogP contribution is -2.22. The smallest absolute Gasteiger partial charge is 0.268 e. The van der Waals surface area contributed by atoms with Crippen LogP contribution in [0.5, 0.6) is 0 Å². The number of para-hydroxylation sites is 1. The van der Waals surface area contributed by atoms with Crippen molar-refractivity contribution in [3.05, 3.63) is 65.9 Å². The van der Waals surface area contributed by atoms with E-state index in [-0.39, 0.29) is 23.1 Å². The van der Waals surface area contributed by atoms with Crippen LogP contribution < -0.4 is 15.8 Å². The Morgan fingerprint density at radius 1 is 1.10 bits per heavy atom. The monoisotopic (exact) mass is 410 g/mol. The minimum absolute atomic E-state index is 0.0324. The summed E-state index contributed by atoms with van der Waals surface area (Å²) in [6.45, 7) is 0.321. The SMILES string of the molecule is NS(=O)(=O)c1ccc(NC(=O)CC2=CCNC(=O)c3[nH]c4ccccc4c32)cc1. The van der Waals surface area contributed by atoms with E-state index in [1.54, 1.807) is 0 Å². The Balaban J connectivity index is 1.59. The van der Waals surface area contributed by atoms with E-state index in [1.807, 2.05) is 30.3 Å². The molecule has 0 saturated heterocycles. The Kier molecular flexibility index (Phi) is 4.69. The van der Waals surface area contributed by atoms with Gasteiger partial charge in [0.05, 0.1) is 11.3 Å². The normalized spacial score (nSPS) is 14.0. The van der Waals surface area contributed by atoms with Crippen LogP contribution in [0.2, 0.25) is 0 Å². The van der Waals surface area contributed by atoms with Crippen molar-refractivity contribution in [1.29, 1.82) is 0 Å². The molecule has 1 aromatic heterocycles. The van der Waals surface area contributed by atoms with Gasteiger partial charge in [0.15, 0.2) is 0 Å². The number of fused-ring (bicyclic) bond motifs is 3. The average Bonchev–Trinajstić information content (AvgIpc) is 2.99. The molecule has 2 amide bonds. The van der Waals surface area contributed by atoms with Crippen LogP contribution in [0, 0.1) is 0 Å². The molecule has 1 aliphatic rings. The molecular formula is C20H18N4O4S. The van der Waals surface area contributed by atoms with Crippen molar-refractivity contribution in [1.82, 2.24) is 10.3 Å². The van der Waals surface area contributed by atoms with E-state index < -0.39 is 10.0 Å². The van der Waals surface area contributed by atoms with Crippen molar-refractivity contribution >= 4 is 44.0 Å². The molecule has 0 fully saturated rings. The van der Waals surface area contributed by atoms with Gasteiger partial charge in [-0.05, 0) is 35.9 Å². The molecule has 0 radical (unpaired) electrons. The summed E-state index contributed by atoms with van der Waals surface area (Å²) < 4.78 is 22.7. The number of aromatic nitrogens is 1. The van der Waals surface area contributed by atoms with Gasteiger partial charge in [-0.1, -0.05) is 24.3 Å². The second-order valence-corrected chi connectivity index (χ2v) is 8.22. The van der Waals surface area contributed by atoms with Gasteiger partial charge in [-0.15, -0.1) is 0 Å². The molecular weight excluding hydrogens is 392 g/mol. The van der Waals surface area contributed by atoms with Crippen LogP contribution in [-0.4, -0.2) is 31.8 Å². The number of aromatic amines is 1. The molecule has 29 heavy (non-hydrogen) atoms. The number of anilines is 1.